The van der Waals surface area contributed by atoms with E-state index >= 15 is 0 Å². The van der Waals surface area contributed by atoms with Gasteiger partial charge in [-0.15, -0.1) is 0 Å². The number of hydrogen-bond acceptors (Lipinski definition) is 1. The summed E-state index contributed by atoms with van der Waals surface area (Å²) in [7, 11) is 0. The molecule has 0 saturated carbocycles. The predicted molar refractivity (Wildman–Crippen MR) is 85.0 cm³/mol. The molecule has 0 aliphatic carbocycles. The molecule has 106 valence electrons. The molecular weight excluding hydrogens is 326 g/mol. The van der Waals surface area contributed by atoms with Gasteiger partial charge in [0.05, 0.1) is 6.42 Å². The van der Waals surface area contributed by atoms with Crippen molar-refractivity contribution in [3.63, 3.8) is 0 Å². The number of halogens is 2. The van der Waals surface area contributed by atoms with Crippen LogP contribution in [0.2, 0.25) is 5.02 Å². The molecule has 1 amide bonds. The van der Waals surface area contributed by atoms with Gasteiger partial charge in [0.15, 0.2) is 0 Å². The zero-order chi connectivity index (χ0) is 14.1. The second-order valence-electron chi connectivity index (χ2n) is 4.70. The zero-order valence-electron chi connectivity index (χ0n) is 11.3. The lowest BCUT2D eigenvalue weighted by atomic mass is 10.0. The third kappa shape index (κ3) is 6.44. The highest BCUT2D eigenvalue weighted by atomic mass is 79.9. The van der Waals surface area contributed by atoms with Gasteiger partial charge < -0.3 is 5.32 Å². The van der Waals surface area contributed by atoms with Crippen molar-refractivity contribution in [2.24, 2.45) is 5.92 Å². The molecule has 0 bridgehead atoms. The van der Waals surface area contributed by atoms with E-state index in [0.29, 0.717) is 17.4 Å². The average Bonchev–Trinajstić information content (AvgIpc) is 2.39. The molecule has 0 spiro atoms. The molecule has 0 aliphatic rings. The summed E-state index contributed by atoms with van der Waals surface area (Å²) in [5.41, 5.74) is 0.884. The van der Waals surface area contributed by atoms with Crippen LogP contribution in [0.5, 0.6) is 0 Å². The number of carbonyl (C=O) groups excluding carboxylic acids is 1. The third-order valence-electron chi connectivity index (χ3n) is 3.11. The molecular formula is C15H21BrClNO. The van der Waals surface area contributed by atoms with Crippen molar-refractivity contribution in [2.75, 3.05) is 11.9 Å². The molecule has 0 aliphatic heterocycles. The zero-order valence-corrected chi connectivity index (χ0v) is 13.6. The number of carbonyl (C=O) groups is 1. The number of alkyl halides is 1. The van der Waals surface area contributed by atoms with E-state index in [0.717, 1.165) is 36.7 Å². The van der Waals surface area contributed by atoms with Crippen molar-refractivity contribution in [2.45, 2.75) is 32.6 Å². The van der Waals surface area contributed by atoms with Gasteiger partial charge in [-0.05, 0) is 30.4 Å². The number of hydrogen-bond donors (Lipinski definition) is 1. The molecule has 1 unspecified atom stereocenters. The van der Waals surface area contributed by atoms with Crippen molar-refractivity contribution in [1.29, 1.82) is 0 Å². The largest absolute Gasteiger partial charge is 0.356 e. The van der Waals surface area contributed by atoms with E-state index in [9.17, 15) is 4.79 Å². The fourth-order valence-corrected chi connectivity index (χ4v) is 2.90. The van der Waals surface area contributed by atoms with Crippen molar-refractivity contribution in [3.05, 3.63) is 34.9 Å². The summed E-state index contributed by atoms with van der Waals surface area (Å²) in [5.74, 6) is 0.600. The van der Waals surface area contributed by atoms with Gasteiger partial charge in [0.1, 0.15) is 0 Å². The van der Waals surface area contributed by atoms with Crippen LogP contribution in [0.15, 0.2) is 24.3 Å². The Kier molecular flexibility index (Phi) is 8.15. The summed E-state index contributed by atoms with van der Waals surface area (Å²) in [6.07, 6.45) is 3.75. The minimum atomic E-state index is 0.0452. The molecule has 1 rings (SSSR count). The van der Waals surface area contributed by atoms with E-state index in [-0.39, 0.29) is 5.91 Å². The molecule has 1 N–H and O–H groups in total. The Labute approximate surface area is 129 Å². The van der Waals surface area contributed by atoms with Gasteiger partial charge >= 0.3 is 0 Å². The van der Waals surface area contributed by atoms with Crippen LogP contribution in [-0.4, -0.2) is 17.8 Å². The van der Waals surface area contributed by atoms with Gasteiger partial charge in [-0.25, -0.2) is 0 Å². The van der Waals surface area contributed by atoms with Crippen LogP contribution < -0.4 is 5.32 Å². The monoisotopic (exact) mass is 345 g/mol. The van der Waals surface area contributed by atoms with Gasteiger partial charge in [-0.1, -0.05) is 59.1 Å². The van der Waals surface area contributed by atoms with Crippen LogP contribution >= 0.6 is 27.5 Å². The van der Waals surface area contributed by atoms with E-state index in [1.165, 1.54) is 0 Å². The Morgan fingerprint density at radius 3 is 2.74 bits per heavy atom. The number of rotatable bonds is 8. The van der Waals surface area contributed by atoms with Gasteiger partial charge in [0.2, 0.25) is 5.91 Å². The fraction of sp³-hybridized carbons (Fsp3) is 0.533. The van der Waals surface area contributed by atoms with Crippen LogP contribution in [0.3, 0.4) is 0 Å². The first-order chi connectivity index (χ1) is 9.17. The second kappa shape index (κ2) is 9.38. The highest BCUT2D eigenvalue weighted by Crippen LogP contribution is 2.15. The molecule has 4 heteroatoms. The molecule has 0 aromatic heterocycles. The maximum absolute atomic E-state index is 11.9. The Morgan fingerprint density at radius 1 is 1.37 bits per heavy atom. The smallest absolute Gasteiger partial charge is 0.224 e. The summed E-state index contributed by atoms with van der Waals surface area (Å²) in [4.78, 5) is 11.9. The lowest BCUT2D eigenvalue weighted by Crippen LogP contribution is -2.30. The fourth-order valence-electron chi connectivity index (χ4n) is 2.05. The lowest BCUT2D eigenvalue weighted by molar-refractivity contribution is -0.120. The first-order valence-corrected chi connectivity index (χ1v) is 8.23. The minimum absolute atomic E-state index is 0.0452. The number of benzene rings is 1. The second-order valence-corrected chi connectivity index (χ2v) is 5.90. The Hall–Kier alpha value is -0.540. The Balaban J connectivity index is 2.40. The van der Waals surface area contributed by atoms with Crippen LogP contribution in [0.1, 0.15) is 31.7 Å². The van der Waals surface area contributed by atoms with E-state index < -0.39 is 0 Å². The highest BCUT2D eigenvalue weighted by molar-refractivity contribution is 9.09. The first kappa shape index (κ1) is 16.5. The number of nitrogens with one attached hydrogen (secondary N) is 1. The summed E-state index contributed by atoms with van der Waals surface area (Å²) in [6.45, 7) is 2.93. The topological polar surface area (TPSA) is 29.1 Å². The van der Waals surface area contributed by atoms with Gasteiger partial charge in [-0.3, -0.25) is 4.79 Å². The standard InChI is InChI=1S/C15H21BrClNO/c1-2-5-12(8-9-16)11-18-15(19)10-13-6-3-4-7-14(13)17/h3-4,6-7,12H,2,5,8-11H2,1H3,(H,18,19). The third-order valence-corrected chi connectivity index (χ3v) is 3.94. The lowest BCUT2D eigenvalue weighted by Gasteiger charge is -2.15. The summed E-state index contributed by atoms with van der Waals surface area (Å²) in [6, 6.07) is 7.48. The molecule has 1 atom stereocenters. The van der Waals surface area contributed by atoms with Crippen LogP contribution in [0.4, 0.5) is 0 Å². The first-order valence-electron chi connectivity index (χ1n) is 6.73. The van der Waals surface area contributed by atoms with E-state index in [1.54, 1.807) is 0 Å². The predicted octanol–water partition coefficient (Wildman–Crippen LogP) is 4.20. The maximum atomic E-state index is 11.9. The van der Waals surface area contributed by atoms with E-state index in [4.69, 9.17) is 11.6 Å². The van der Waals surface area contributed by atoms with Crippen LogP contribution in [-0.2, 0) is 11.2 Å². The summed E-state index contributed by atoms with van der Waals surface area (Å²) >= 11 is 9.50. The van der Waals surface area contributed by atoms with Crippen LogP contribution in [0, 0.1) is 5.92 Å². The molecule has 0 saturated heterocycles. The SMILES string of the molecule is CCCC(CCBr)CNC(=O)Cc1ccccc1Cl. The quantitative estimate of drug-likeness (QED) is 0.702. The van der Waals surface area contributed by atoms with Crippen molar-refractivity contribution in [3.8, 4) is 0 Å². The molecule has 0 radical (unpaired) electrons. The van der Waals surface area contributed by atoms with Gasteiger partial charge in [-0.2, -0.15) is 0 Å². The Bertz CT molecular complexity index is 391. The van der Waals surface area contributed by atoms with E-state index in [2.05, 4.69) is 28.2 Å². The van der Waals surface area contributed by atoms with Crippen molar-refractivity contribution >= 4 is 33.4 Å². The number of amides is 1. The minimum Gasteiger partial charge on any atom is -0.356 e. The molecule has 0 fully saturated rings. The molecule has 0 heterocycles. The van der Waals surface area contributed by atoms with E-state index in [1.807, 2.05) is 24.3 Å². The van der Waals surface area contributed by atoms with Crippen molar-refractivity contribution in [1.82, 2.24) is 5.32 Å². The normalized spacial score (nSPS) is 12.2. The Morgan fingerprint density at radius 2 is 2.11 bits per heavy atom. The molecule has 2 nitrogen and oxygen atoms in total. The molecule has 19 heavy (non-hydrogen) atoms. The maximum Gasteiger partial charge on any atom is 0.224 e. The summed E-state index contributed by atoms with van der Waals surface area (Å²) < 4.78 is 0. The van der Waals surface area contributed by atoms with Crippen LogP contribution in [0.25, 0.3) is 0 Å². The highest BCUT2D eigenvalue weighted by Gasteiger charge is 2.10. The average molecular weight is 347 g/mol. The summed E-state index contributed by atoms with van der Waals surface area (Å²) in [5, 5.41) is 4.65. The van der Waals surface area contributed by atoms with Gasteiger partial charge in [0.25, 0.3) is 0 Å². The molecule has 1 aromatic rings. The molecule has 1 aromatic carbocycles. The van der Waals surface area contributed by atoms with Crippen molar-refractivity contribution < 1.29 is 4.79 Å². The van der Waals surface area contributed by atoms with Gasteiger partial charge in [0, 0.05) is 16.9 Å².